The Bertz CT molecular complexity index is 925. The Kier molecular flexibility index (Phi) is 6.36. The average molecular weight is 417 g/mol. The number of ether oxygens (including phenoxy) is 2. The van der Waals surface area contributed by atoms with Gasteiger partial charge in [0.25, 0.3) is 5.91 Å². The molecule has 164 valence electrons. The molecule has 0 radical (unpaired) electrons. The number of fused-ring (bicyclic) bond motifs is 1. The van der Waals surface area contributed by atoms with Crippen molar-refractivity contribution in [2.75, 3.05) is 26.7 Å². The number of likely N-dealkylation sites (tertiary alicyclic amines) is 1. The molecule has 0 saturated carbocycles. The van der Waals surface area contributed by atoms with Gasteiger partial charge in [-0.15, -0.1) is 0 Å². The van der Waals surface area contributed by atoms with Gasteiger partial charge in [0.15, 0.2) is 0 Å². The highest BCUT2D eigenvalue weighted by Gasteiger charge is 2.34. The van der Waals surface area contributed by atoms with Crippen LogP contribution in [0.25, 0.3) is 10.9 Å². The van der Waals surface area contributed by atoms with Crippen LogP contribution in [0.1, 0.15) is 43.6 Å². The van der Waals surface area contributed by atoms with E-state index >= 15 is 0 Å². The maximum atomic E-state index is 12.5. The van der Waals surface area contributed by atoms with Gasteiger partial charge < -0.3 is 19.7 Å². The second-order valence-electron chi connectivity index (χ2n) is 9.08. The van der Waals surface area contributed by atoms with Crippen LogP contribution < -0.4 is 5.32 Å². The minimum Gasteiger partial charge on any atom is -0.444 e. The molecule has 1 saturated heterocycles. The van der Waals surface area contributed by atoms with E-state index in [2.05, 4.69) is 10.4 Å². The van der Waals surface area contributed by atoms with Crippen molar-refractivity contribution < 1.29 is 19.1 Å². The SMILES string of the molecule is COC(C)CNC(=O)c1cc2cn(CC3CN(C(=O)OC(C)(C)C)C3)nc2cc1C. The maximum absolute atomic E-state index is 12.5. The van der Waals surface area contributed by atoms with Gasteiger partial charge in [-0.1, -0.05) is 0 Å². The number of aromatic nitrogens is 2. The highest BCUT2D eigenvalue weighted by Crippen LogP contribution is 2.23. The lowest BCUT2D eigenvalue weighted by molar-refractivity contribution is -0.00381. The summed E-state index contributed by atoms with van der Waals surface area (Å²) in [7, 11) is 1.62. The molecule has 3 rings (SSSR count). The fourth-order valence-electron chi connectivity index (χ4n) is 3.41. The summed E-state index contributed by atoms with van der Waals surface area (Å²) >= 11 is 0. The number of carbonyl (C=O) groups excluding carboxylic acids is 2. The molecule has 2 heterocycles. The molecule has 8 heteroatoms. The van der Waals surface area contributed by atoms with E-state index in [0.717, 1.165) is 23.0 Å². The van der Waals surface area contributed by atoms with Crippen LogP contribution in [0.4, 0.5) is 4.79 Å². The van der Waals surface area contributed by atoms with Gasteiger partial charge in [0.1, 0.15) is 5.60 Å². The number of nitrogens with zero attached hydrogens (tertiary/aromatic N) is 3. The molecule has 1 aliphatic heterocycles. The van der Waals surface area contributed by atoms with E-state index in [1.807, 2.05) is 57.6 Å². The van der Waals surface area contributed by atoms with Crippen molar-refractivity contribution in [3.63, 3.8) is 0 Å². The molecule has 1 unspecified atom stereocenters. The predicted molar refractivity (Wildman–Crippen MR) is 115 cm³/mol. The molecule has 1 aromatic heterocycles. The Balaban J connectivity index is 1.61. The van der Waals surface area contributed by atoms with Crippen LogP contribution in [0.15, 0.2) is 18.3 Å². The van der Waals surface area contributed by atoms with Gasteiger partial charge >= 0.3 is 6.09 Å². The monoisotopic (exact) mass is 416 g/mol. The van der Waals surface area contributed by atoms with Gasteiger partial charge in [0.2, 0.25) is 0 Å². The van der Waals surface area contributed by atoms with Crippen LogP contribution in [-0.2, 0) is 16.0 Å². The third kappa shape index (κ3) is 5.30. The van der Waals surface area contributed by atoms with Crippen LogP contribution in [0.3, 0.4) is 0 Å². The third-order valence-corrected chi connectivity index (χ3v) is 5.15. The number of nitrogens with one attached hydrogen (secondary N) is 1. The number of methoxy groups -OCH3 is 1. The number of rotatable bonds is 6. The summed E-state index contributed by atoms with van der Waals surface area (Å²) in [5, 5.41) is 8.47. The normalized spacial score (nSPS) is 15.7. The lowest BCUT2D eigenvalue weighted by Crippen LogP contribution is -2.52. The lowest BCUT2D eigenvalue weighted by Gasteiger charge is -2.39. The smallest absolute Gasteiger partial charge is 0.410 e. The zero-order valence-electron chi connectivity index (χ0n) is 18.7. The number of hydrogen-bond donors (Lipinski definition) is 1. The van der Waals surface area contributed by atoms with E-state index in [1.54, 1.807) is 12.0 Å². The number of carbonyl (C=O) groups is 2. The average Bonchev–Trinajstić information content (AvgIpc) is 3.00. The number of hydrogen-bond acceptors (Lipinski definition) is 5. The van der Waals surface area contributed by atoms with Crippen LogP contribution in [0.5, 0.6) is 0 Å². The fourth-order valence-corrected chi connectivity index (χ4v) is 3.41. The molecule has 1 fully saturated rings. The summed E-state index contributed by atoms with van der Waals surface area (Å²) in [6.07, 6.45) is 1.65. The Morgan fingerprint density at radius 2 is 2.00 bits per heavy atom. The lowest BCUT2D eigenvalue weighted by atomic mass is 10.0. The Morgan fingerprint density at radius 1 is 1.30 bits per heavy atom. The molecule has 2 aromatic rings. The van der Waals surface area contributed by atoms with Crippen molar-refractivity contribution >= 4 is 22.9 Å². The van der Waals surface area contributed by atoms with Crippen molar-refractivity contribution in [2.24, 2.45) is 5.92 Å². The van der Waals surface area contributed by atoms with Crippen LogP contribution in [0, 0.1) is 12.8 Å². The van der Waals surface area contributed by atoms with Crippen molar-refractivity contribution in [2.45, 2.75) is 52.9 Å². The molecule has 1 aliphatic rings. The molecule has 2 amide bonds. The molecule has 8 nitrogen and oxygen atoms in total. The van der Waals surface area contributed by atoms with Gasteiger partial charge in [-0.2, -0.15) is 5.10 Å². The molecule has 0 aliphatic carbocycles. The Morgan fingerprint density at radius 3 is 2.63 bits per heavy atom. The molecular weight excluding hydrogens is 384 g/mol. The zero-order valence-corrected chi connectivity index (χ0v) is 18.7. The summed E-state index contributed by atoms with van der Waals surface area (Å²) in [5.74, 6) is 0.226. The van der Waals surface area contributed by atoms with E-state index in [9.17, 15) is 9.59 Å². The second kappa shape index (κ2) is 8.63. The van der Waals surface area contributed by atoms with E-state index in [1.165, 1.54) is 0 Å². The number of amides is 2. The largest absolute Gasteiger partial charge is 0.444 e. The summed E-state index contributed by atoms with van der Waals surface area (Å²) in [6.45, 7) is 11.9. The number of benzene rings is 1. The first-order valence-corrected chi connectivity index (χ1v) is 10.3. The molecule has 0 bridgehead atoms. The van der Waals surface area contributed by atoms with Crippen molar-refractivity contribution in [3.8, 4) is 0 Å². The van der Waals surface area contributed by atoms with Crippen molar-refractivity contribution in [3.05, 3.63) is 29.5 Å². The van der Waals surface area contributed by atoms with E-state index < -0.39 is 5.60 Å². The highest BCUT2D eigenvalue weighted by molar-refractivity contribution is 5.99. The van der Waals surface area contributed by atoms with Crippen molar-refractivity contribution in [1.29, 1.82) is 0 Å². The quantitative estimate of drug-likeness (QED) is 0.782. The van der Waals surface area contributed by atoms with Gasteiger partial charge in [-0.3, -0.25) is 9.48 Å². The van der Waals surface area contributed by atoms with Gasteiger partial charge in [-0.25, -0.2) is 4.79 Å². The van der Waals surface area contributed by atoms with Crippen molar-refractivity contribution in [1.82, 2.24) is 20.0 Å². The predicted octanol–water partition coefficient (Wildman–Crippen LogP) is 2.98. The maximum Gasteiger partial charge on any atom is 0.410 e. The van der Waals surface area contributed by atoms with Crippen LogP contribution in [0.2, 0.25) is 0 Å². The molecule has 30 heavy (non-hydrogen) atoms. The highest BCUT2D eigenvalue weighted by atomic mass is 16.6. The van der Waals surface area contributed by atoms with Crippen LogP contribution in [-0.4, -0.2) is 65.1 Å². The molecular formula is C22H32N4O4. The topological polar surface area (TPSA) is 85.7 Å². The van der Waals surface area contributed by atoms with Gasteiger partial charge in [0.05, 0.1) is 11.6 Å². The third-order valence-electron chi connectivity index (χ3n) is 5.15. The first kappa shape index (κ1) is 22.1. The van der Waals surface area contributed by atoms with E-state index in [0.29, 0.717) is 31.1 Å². The minimum atomic E-state index is -0.481. The Hall–Kier alpha value is -2.61. The van der Waals surface area contributed by atoms with E-state index in [4.69, 9.17) is 9.47 Å². The second-order valence-corrected chi connectivity index (χ2v) is 9.08. The number of aryl methyl sites for hydroxylation is 1. The Labute approximate surface area is 177 Å². The van der Waals surface area contributed by atoms with Crippen LogP contribution >= 0.6 is 0 Å². The first-order chi connectivity index (χ1) is 14.1. The summed E-state index contributed by atoms with van der Waals surface area (Å²) in [4.78, 5) is 26.3. The molecule has 0 spiro atoms. The zero-order chi connectivity index (χ0) is 22.1. The molecule has 1 atom stereocenters. The fraction of sp³-hybridized carbons (Fsp3) is 0.591. The minimum absolute atomic E-state index is 0.0385. The van der Waals surface area contributed by atoms with Gasteiger partial charge in [0, 0.05) is 56.4 Å². The molecule has 1 aromatic carbocycles. The summed E-state index contributed by atoms with van der Waals surface area (Å²) in [5.41, 5.74) is 1.91. The molecule has 1 N–H and O–H groups in total. The summed E-state index contributed by atoms with van der Waals surface area (Å²) in [6, 6.07) is 3.82. The van der Waals surface area contributed by atoms with E-state index in [-0.39, 0.29) is 18.1 Å². The standard InChI is InChI=1S/C22H32N4O4/c1-14-7-19-17(8-18(14)20(27)23-9-15(2)29-6)13-26(24-19)12-16-10-25(11-16)21(28)30-22(3,4)5/h7-8,13,15-16H,9-12H2,1-6H3,(H,23,27). The first-order valence-electron chi connectivity index (χ1n) is 10.3. The summed E-state index contributed by atoms with van der Waals surface area (Å²) < 4.78 is 12.5. The van der Waals surface area contributed by atoms with Gasteiger partial charge in [-0.05, 0) is 52.3 Å².